The number of rotatable bonds is 4. The number of aromatic nitrogens is 1. The topological polar surface area (TPSA) is 62.5 Å². The van der Waals surface area contributed by atoms with Crippen molar-refractivity contribution in [3.05, 3.63) is 24.0 Å². The van der Waals surface area contributed by atoms with Crippen molar-refractivity contribution in [2.24, 2.45) is 5.73 Å². The molecule has 92 valence electrons. The highest BCUT2D eigenvalue weighted by Crippen LogP contribution is 2.11. The molecule has 0 saturated heterocycles. The SMILES string of the molecule is CN(C)C(=O)CN(C)c1ccc(C(N)=S)nc1. The Hall–Kier alpha value is -1.69. The van der Waals surface area contributed by atoms with Crippen molar-refractivity contribution >= 4 is 28.8 Å². The minimum absolute atomic E-state index is 0.0333. The highest BCUT2D eigenvalue weighted by atomic mass is 32.1. The maximum Gasteiger partial charge on any atom is 0.241 e. The number of hydrogen-bond acceptors (Lipinski definition) is 4. The molecule has 0 unspecified atom stereocenters. The van der Waals surface area contributed by atoms with E-state index in [9.17, 15) is 4.79 Å². The number of amides is 1. The molecule has 2 N–H and O–H groups in total. The standard InChI is InChI=1S/C11H16N4OS/c1-14(2)10(16)7-15(3)8-4-5-9(11(12)17)13-6-8/h4-6H,7H2,1-3H3,(H2,12,17). The van der Waals surface area contributed by atoms with Crippen LogP contribution in [0.1, 0.15) is 5.69 Å². The van der Waals surface area contributed by atoms with Gasteiger partial charge in [-0.2, -0.15) is 0 Å². The summed E-state index contributed by atoms with van der Waals surface area (Å²) in [5.74, 6) is 0.0333. The van der Waals surface area contributed by atoms with Crippen molar-refractivity contribution < 1.29 is 4.79 Å². The monoisotopic (exact) mass is 252 g/mol. The molecule has 0 atom stereocenters. The average Bonchev–Trinajstić information content (AvgIpc) is 2.28. The largest absolute Gasteiger partial charge is 0.388 e. The third kappa shape index (κ3) is 3.67. The highest BCUT2D eigenvalue weighted by Gasteiger charge is 2.09. The summed E-state index contributed by atoms with van der Waals surface area (Å²) in [6, 6.07) is 3.58. The van der Waals surface area contributed by atoms with Crippen LogP contribution in [0.3, 0.4) is 0 Å². The molecule has 1 rings (SSSR count). The Balaban J connectivity index is 2.73. The molecule has 0 saturated carbocycles. The van der Waals surface area contributed by atoms with Crippen LogP contribution in [0, 0.1) is 0 Å². The molecule has 5 nitrogen and oxygen atoms in total. The summed E-state index contributed by atoms with van der Waals surface area (Å²) in [4.78, 5) is 19.3. The summed E-state index contributed by atoms with van der Waals surface area (Å²) < 4.78 is 0. The number of hydrogen-bond donors (Lipinski definition) is 1. The molecule has 6 heteroatoms. The summed E-state index contributed by atoms with van der Waals surface area (Å²) in [7, 11) is 5.29. The molecule has 1 aromatic rings. The molecule has 0 fully saturated rings. The molecule has 1 heterocycles. The highest BCUT2D eigenvalue weighted by molar-refractivity contribution is 7.80. The van der Waals surface area contributed by atoms with Crippen molar-refractivity contribution in [3.8, 4) is 0 Å². The predicted molar refractivity (Wildman–Crippen MR) is 72.1 cm³/mol. The number of carbonyl (C=O) groups excluding carboxylic acids is 1. The Bertz CT molecular complexity index is 416. The van der Waals surface area contributed by atoms with E-state index in [4.69, 9.17) is 18.0 Å². The average molecular weight is 252 g/mol. The predicted octanol–water partition coefficient (Wildman–Crippen LogP) is 0.240. The Morgan fingerprint density at radius 2 is 2.06 bits per heavy atom. The first-order valence-electron chi connectivity index (χ1n) is 5.09. The van der Waals surface area contributed by atoms with E-state index in [1.807, 2.05) is 18.0 Å². The van der Waals surface area contributed by atoms with Gasteiger partial charge in [-0.3, -0.25) is 9.78 Å². The molecule has 0 aliphatic heterocycles. The van der Waals surface area contributed by atoms with Crippen LogP contribution in [-0.2, 0) is 4.79 Å². The van der Waals surface area contributed by atoms with Crippen LogP contribution in [0.15, 0.2) is 18.3 Å². The van der Waals surface area contributed by atoms with E-state index in [0.717, 1.165) is 5.69 Å². The molecule has 1 aromatic heterocycles. The second kappa shape index (κ2) is 5.58. The van der Waals surface area contributed by atoms with Gasteiger partial charge in [0.1, 0.15) is 4.99 Å². The normalized spacial score (nSPS) is 9.82. The van der Waals surface area contributed by atoms with E-state index in [0.29, 0.717) is 12.2 Å². The van der Waals surface area contributed by atoms with Gasteiger partial charge in [0.15, 0.2) is 0 Å². The first kappa shape index (κ1) is 13.4. The number of nitrogens with zero attached hydrogens (tertiary/aromatic N) is 3. The van der Waals surface area contributed by atoms with E-state index >= 15 is 0 Å². The molecular formula is C11H16N4OS. The second-order valence-electron chi connectivity index (χ2n) is 3.91. The van der Waals surface area contributed by atoms with Crippen LogP contribution in [0.5, 0.6) is 0 Å². The lowest BCUT2D eigenvalue weighted by molar-refractivity contribution is -0.127. The van der Waals surface area contributed by atoms with Crippen molar-refractivity contribution in [3.63, 3.8) is 0 Å². The van der Waals surface area contributed by atoms with E-state index in [2.05, 4.69) is 4.98 Å². The molecule has 1 amide bonds. The van der Waals surface area contributed by atoms with E-state index in [-0.39, 0.29) is 10.9 Å². The third-order valence-electron chi connectivity index (χ3n) is 2.31. The molecule has 0 radical (unpaired) electrons. The van der Waals surface area contributed by atoms with Gasteiger partial charge in [0.2, 0.25) is 5.91 Å². The molecule has 17 heavy (non-hydrogen) atoms. The lowest BCUT2D eigenvalue weighted by atomic mass is 10.3. The smallest absolute Gasteiger partial charge is 0.241 e. The van der Waals surface area contributed by atoms with Gasteiger partial charge in [-0.05, 0) is 12.1 Å². The summed E-state index contributed by atoms with van der Waals surface area (Å²) in [6.07, 6.45) is 1.65. The summed E-state index contributed by atoms with van der Waals surface area (Å²) in [5.41, 5.74) is 6.88. The maximum atomic E-state index is 11.5. The molecule has 0 aliphatic rings. The van der Waals surface area contributed by atoms with Gasteiger partial charge in [-0.25, -0.2) is 0 Å². The van der Waals surface area contributed by atoms with Gasteiger partial charge in [-0.15, -0.1) is 0 Å². The lowest BCUT2D eigenvalue weighted by Crippen LogP contribution is -2.34. The summed E-state index contributed by atoms with van der Waals surface area (Å²) >= 11 is 4.82. The molecule has 0 spiro atoms. The number of pyridine rings is 1. The quantitative estimate of drug-likeness (QED) is 0.778. The van der Waals surface area contributed by atoms with E-state index < -0.39 is 0 Å². The summed E-state index contributed by atoms with van der Waals surface area (Å²) in [6.45, 7) is 0.307. The molecular weight excluding hydrogens is 236 g/mol. The Morgan fingerprint density at radius 1 is 1.41 bits per heavy atom. The van der Waals surface area contributed by atoms with Crippen molar-refractivity contribution in [1.82, 2.24) is 9.88 Å². The number of anilines is 1. The van der Waals surface area contributed by atoms with Gasteiger partial charge in [0, 0.05) is 21.1 Å². The van der Waals surface area contributed by atoms with Crippen molar-refractivity contribution in [1.29, 1.82) is 0 Å². The van der Waals surface area contributed by atoms with Gasteiger partial charge < -0.3 is 15.5 Å². The number of likely N-dealkylation sites (N-methyl/N-ethyl adjacent to an activating group) is 2. The fourth-order valence-electron chi connectivity index (χ4n) is 1.19. The Kier molecular flexibility index (Phi) is 4.39. The zero-order chi connectivity index (χ0) is 13.0. The third-order valence-corrected chi connectivity index (χ3v) is 2.52. The number of nitrogens with two attached hydrogens (primary N) is 1. The van der Waals surface area contributed by atoms with Crippen LogP contribution < -0.4 is 10.6 Å². The van der Waals surface area contributed by atoms with Gasteiger partial charge in [-0.1, -0.05) is 12.2 Å². The Labute approximate surface area is 106 Å². The van der Waals surface area contributed by atoms with E-state index in [1.54, 1.807) is 31.3 Å². The van der Waals surface area contributed by atoms with Gasteiger partial charge in [0.05, 0.1) is 24.1 Å². The van der Waals surface area contributed by atoms with Gasteiger partial charge in [0.25, 0.3) is 0 Å². The number of thiocarbonyl (C=S) groups is 1. The van der Waals surface area contributed by atoms with Crippen LogP contribution in [0.25, 0.3) is 0 Å². The van der Waals surface area contributed by atoms with Crippen LogP contribution in [-0.4, -0.2) is 48.5 Å². The molecule has 0 aliphatic carbocycles. The van der Waals surface area contributed by atoms with Crippen LogP contribution >= 0.6 is 12.2 Å². The zero-order valence-corrected chi connectivity index (χ0v) is 11.0. The first-order valence-corrected chi connectivity index (χ1v) is 5.49. The number of carbonyl (C=O) groups is 1. The van der Waals surface area contributed by atoms with E-state index in [1.165, 1.54) is 0 Å². The van der Waals surface area contributed by atoms with Gasteiger partial charge >= 0.3 is 0 Å². The fraction of sp³-hybridized carbons (Fsp3) is 0.364. The zero-order valence-electron chi connectivity index (χ0n) is 10.2. The lowest BCUT2D eigenvalue weighted by Gasteiger charge is -2.20. The molecule has 0 aromatic carbocycles. The van der Waals surface area contributed by atoms with Crippen molar-refractivity contribution in [2.45, 2.75) is 0 Å². The minimum Gasteiger partial charge on any atom is -0.388 e. The fourth-order valence-corrected chi connectivity index (χ4v) is 1.31. The second-order valence-corrected chi connectivity index (χ2v) is 4.35. The van der Waals surface area contributed by atoms with Crippen molar-refractivity contribution in [2.75, 3.05) is 32.6 Å². The Morgan fingerprint density at radius 3 is 2.47 bits per heavy atom. The minimum atomic E-state index is 0.0333. The summed E-state index contributed by atoms with van der Waals surface area (Å²) in [5, 5.41) is 0. The van der Waals surface area contributed by atoms with Crippen LogP contribution in [0.2, 0.25) is 0 Å². The first-order chi connectivity index (χ1) is 7.91. The van der Waals surface area contributed by atoms with Crippen LogP contribution in [0.4, 0.5) is 5.69 Å². The molecule has 0 bridgehead atoms. The maximum absolute atomic E-state index is 11.5.